The van der Waals surface area contributed by atoms with E-state index in [0.29, 0.717) is 105 Å². The number of H-pyrrole nitrogens is 1. The first-order chi connectivity index (χ1) is 68.7. The van der Waals surface area contributed by atoms with E-state index in [-0.39, 0.29) is 101 Å². The fourth-order valence-corrected chi connectivity index (χ4v) is 16.6. The number of unbranched alkanes of at least 4 members (excludes halogenated alkanes) is 2. The van der Waals surface area contributed by atoms with E-state index >= 15 is 24.0 Å². The molecule has 6 rings (SSSR count). The quantitative estimate of drug-likeness (QED) is 0.00654. The Hall–Kier alpha value is -13.2. The Kier molecular flexibility index (Phi) is 51.8. The highest BCUT2D eigenvalue weighted by molar-refractivity contribution is 5.97. The number of hydrogen-bond donors (Lipinski definition) is 25. The SMILES string of the molecule is CC[C@H](C)[C@@H](C=O)N[C@H](NC(=O)[C@H](C)[C@H](Cc1ccccc1)NC(=O)[C@@H](NC(=O)CNC(=O)[C@H]1CCCN1C(=O)[C@@H](NC(=O)[C@H](Cc1ccccc1)[C@H](C)NC(=O)[C@@H](NC(=O)[C@H](C)[C@H](CC(C)C)NC(=O)[C@@H](N)N[C@H](C=O)CCCNC(=N)N)N[C@H](C=O)Cc1c[nH]c2ccccc12)N[C@H](C=O)C(C)C)N[C@H](C=O)CCCCN)C(=O)N[C@@H](C)[C@@H](Cc1ccc(O)cc1)C(=O)N[C@@H](N[C@H](C=O)CCCCN)C(N)=O. The minimum Gasteiger partial charge on any atom is -0.508 e. The standard InChI is InChI=1S/C100H151N25O19/c1-11-59(6)80(56-131)117-88(97(142)111-63(10)75(46-66-36-38-72(132)39-37-66)92(137)121-85(84(104)134)113-69(52-127)30-20-22-40-101)123-91(136)61(8)78(47-65-28-16-13-17-29-65)119-98(143)86(114-70(53-128)31-21-23-41-102)120-82(133)50-109-94(139)81-35-25-43-125(81)99(144)89(116-79(55-130)58(4)5)124-93(138)74(45-64-26-14-12-15-27-64)62(9)110-96(141)87(115-71(54-129)48-67-49-108-76-34-19-18-33-73(67)76)122-90(135)60(7)77(44-57(2)3)118-95(140)83(103)112-68(51-126)32-24-42-107-100(105)106/h12-19,26-29,33-34,36-39,49,51-63,68-71,74-75,77-81,83,85-89,108,112-117,132H,11,20-25,30-32,35,40-48,50,101-103H2,1-10H3,(H2,104,134)(H,109,139)(H,110,141)(H,111,142)(H,118,140)(H,119,143)(H,120,133)(H,121,137)(H,122,135)(H,123,136)(H,124,138)(H4,105,106,107)/t59-,60+,61+,62-,63-,68-,69-,70-,71-,74+,75+,77-,78-,79+,80+,81+,83-,85+,86+,87+,88+,89+/m0/s1. The number of primary amides is 1. The molecule has 5 aromatic rings. The second-order valence-corrected chi connectivity index (χ2v) is 37.6. The molecule has 1 aliphatic rings. The van der Waals surface area contributed by atoms with E-state index in [0.717, 1.165) is 15.8 Å². The van der Waals surface area contributed by atoms with Crippen molar-refractivity contribution in [2.75, 3.05) is 32.7 Å². The molecule has 30 N–H and O–H groups in total. The topological polar surface area (TPSA) is 705 Å². The van der Waals surface area contributed by atoms with Crippen molar-refractivity contribution < 1.29 is 91.4 Å². The van der Waals surface area contributed by atoms with Crippen LogP contribution in [-0.4, -0.2) is 266 Å². The lowest BCUT2D eigenvalue weighted by Gasteiger charge is -2.33. The Balaban J connectivity index is 1.27. The zero-order valence-corrected chi connectivity index (χ0v) is 83.8. The molecule has 1 saturated heterocycles. The highest BCUT2D eigenvalue weighted by Crippen LogP contribution is 2.25. The predicted molar refractivity (Wildman–Crippen MR) is 540 cm³/mol. The number of hydrogen-bond acceptors (Lipinski definition) is 29. The van der Waals surface area contributed by atoms with E-state index in [9.17, 15) is 67.4 Å². The molecule has 44 heteroatoms. The summed E-state index contributed by atoms with van der Waals surface area (Å²) < 4.78 is 0. The second kappa shape index (κ2) is 62.4. The summed E-state index contributed by atoms with van der Waals surface area (Å²) in [5.74, 6) is -17.3. The molecular formula is C100H151N25O19. The molecule has 1 aromatic heterocycles. The number of nitrogens with zero attached hydrogens (tertiary/aromatic N) is 1. The molecule has 2 heterocycles. The molecule has 1 fully saturated rings. The Morgan fingerprint density at radius 2 is 0.938 bits per heavy atom. The lowest BCUT2D eigenvalue weighted by Crippen LogP contribution is -2.64. The average Bonchev–Trinajstić information content (AvgIpc) is 1.57. The van der Waals surface area contributed by atoms with E-state index in [1.165, 1.54) is 52.0 Å². The number of aromatic nitrogens is 1. The van der Waals surface area contributed by atoms with Gasteiger partial charge in [0, 0.05) is 54.4 Å². The summed E-state index contributed by atoms with van der Waals surface area (Å²) in [4.78, 5) is 258. The van der Waals surface area contributed by atoms with E-state index in [1.54, 1.807) is 94.6 Å². The lowest BCUT2D eigenvalue weighted by molar-refractivity contribution is -0.143. The number of para-hydroxylation sites is 1. The zero-order chi connectivity index (χ0) is 106. The number of aromatic hydroxyl groups is 1. The van der Waals surface area contributed by atoms with Gasteiger partial charge in [0.15, 0.2) is 36.8 Å². The number of aromatic amines is 1. The van der Waals surface area contributed by atoms with Crippen LogP contribution < -0.4 is 119 Å². The molecule has 22 atom stereocenters. The average molecular weight is 2010 g/mol. The Bertz CT molecular complexity index is 5000. The molecule has 0 saturated carbocycles. The largest absolute Gasteiger partial charge is 0.508 e. The van der Waals surface area contributed by atoms with Crippen LogP contribution in [0.5, 0.6) is 5.75 Å². The van der Waals surface area contributed by atoms with Crippen LogP contribution in [0.3, 0.4) is 0 Å². The predicted octanol–water partition coefficient (Wildman–Crippen LogP) is -2.07. The fraction of sp³-hybridized carbons (Fsp3) is 0.550. The molecule has 12 amide bonds. The van der Waals surface area contributed by atoms with Gasteiger partial charge in [-0.15, -0.1) is 0 Å². The summed E-state index contributed by atoms with van der Waals surface area (Å²) in [7, 11) is 0. The molecule has 44 nitrogen and oxygen atoms in total. The van der Waals surface area contributed by atoms with Gasteiger partial charge in [0.25, 0.3) is 35.4 Å². The number of guanidine groups is 1. The lowest BCUT2D eigenvalue weighted by atomic mass is 9.91. The first kappa shape index (κ1) is 119. The number of phenols is 1. The number of phenolic OH excluding ortho intramolecular Hbond substituents is 1. The second-order valence-electron chi connectivity index (χ2n) is 37.6. The summed E-state index contributed by atoms with van der Waals surface area (Å²) in [6.45, 7) is 16.4. The number of nitrogens with two attached hydrogens (primary N) is 5. The van der Waals surface area contributed by atoms with Crippen LogP contribution in [0.2, 0.25) is 0 Å². The van der Waals surface area contributed by atoms with Crippen molar-refractivity contribution in [3.8, 4) is 5.75 Å². The molecular weight excluding hydrogens is 1860 g/mol. The first-order valence-corrected chi connectivity index (χ1v) is 49.3. The van der Waals surface area contributed by atoms with Crippen molar-refractivity contribution in [2.45, 2.75) is 275 Å². The van der Waals surface area contributed by atoms with Crippen LogP contribution in [0.4, 0.5) is 0 Å². The summed E-state index contributed by atoms with van der Waals surface area (Å²) in [6.07, 6.45) is -1.77. The van der Waals surface area contributed by atoms with E-state index < -0.39 is 216 Å². The molecule has 0 spiro atoms. The number of rotatable bonds is 69. The third-order valence-corrected chi connectivity index (χ3v) is 25.6. The minimum absolute atomic E-state index is 0.000981. The molecule has 0 bridgehead atoms. The maximum Gasteiger partial charge on any atom is 0.260 e. The maximum atomic E-state index is 15.5. The molecule has 4 aromatic carbocycles. The normalized spacial score (nSPS) is 16.9. The van der Waals surface area contributed by atoms with Gasteiger partial charge in [-0.05, 0) is 169 Å². The van der Waals surface area contributed by atoms with Crippen molar-refractivity contribution in [2.24, 2.45) is 70.1 Å². The Morgan fingerprint density at radius 3 is 1.46 bits per heavy atom. The van der Waals surface area contributed by atoms with Crippen molar-refractivity contribution in [1.29, 1.82) is 5.41 Å². The van der Waals surface area contributed by atoms with Crippen LogP contribution in [0.15, 0.2) is 115 Å². The number of fused-ring (bicyclic) bond motifs is 1. The van der Waals surface area contributed by atoms with Crippen molar-refractivity contribution in [3.05, 3.63) is 138 Å². The third kappa shape index (κ3) is 39.5. The molecule has 0 radical (unpaired) electrons. The van der Waals surface area contributed by atoms with Gasteiger partial charge in [-0.3, -0.25) is 94.8 Å². The summed E-state index contributed by atoms with van der Waals surface area (Å²) in [6, 6.07) is 18.1. The van der Waals surface area contributed by atoms with Gasteiger partial charge in [0.05, 0.1) is 66.5 Å². The molecule has 0 unspecified atom stereocenters. The molecule has 0 aliphatic carbocycles. The number of carbonyl (C=O) groups is 18. The van der Waals surface area contributed by atoms with Crippen LogP contribution >= 0.6 is 0 Å². The van der Waals surface area contributed by atoms with Crippen molar-refractivity contribution in [3.63, 3.8) is 0 Å². The van der Waals surface area contributed by atoms with Crippen LogP contribution in [0.1, 0.15) is 169 Å². The zero-order valence-electron chi connectivity index (χ0n) is 83.8. The number of nitrogens with one attached hydrogen (secondary N) is 19. The van der Waals surface area contributed by atoms with Crippen LogP contribution in [-0.2, 0) is 112 Å². The number of carbonyl (C=O) groups excluding carboxylic acids is 18. The minimum atomic E-state index is -1.82. The Morgan fingerprint density at radius 1 is 0.472 bits per heavy atom. The molecule has 1 aliphatic heterocycles. The van der Waals surface area contributed by atoms with Crippen LogP contribution in [0, 0.1) is 46.8 Å². The summed E-state index contributed by atoms with van der Waals surface area (Å²) >= 11 is 0. The van der Waals surface area contributed by atoms with E-state index in [2.05, 4.69) is 95.4 Å². The van der Waals surface area contributed by atoms with Gasteiger partial charge in [-0.25, -0.2) is 0 Å². The first-order valence-electron chi connectivity index (χ1n) is 49.3. The Labute approximate surface area is 840 Å². The van der Waals surface area contributed by atoms with E-state index in [1.807, 2.05) is 38.1 Å². The van der Waals surface area contributed by atoms with E-state index in [4.69, 9.17) is 34.1 Å². The maximum absolute atomic E-state index is 15.5. The molecule has 144 heavy (non-hydrogen) atoms. The highest BCUT2D eigenvalue weighted by atomic mass is 16.3. The number of amides is 12. The van der Waals surface area contributed by atoms with Gasteiger partial charge in [-0.2, -0.15) is 0 Å². The van der Waals surface area contributed by atoms with Crippen LogP contribution in [0.25, 0.3) is 10.9 Å². The van der Waals surface area contributed by atoms with Gasteiger partial charge in [0.1, 0.15) is 55.7 Å². The smallest absolute Gasteiger partial charge is 0.260 e. The van der Waals surface area contributed by atoms with Crippen molar-refractivity contribution in [1.82, 2.24) is 100 Å². The number of benzene rings is 4. The fourth-order valence-electron chi connectivity index (χ4n) is 16.6. The number of aldehydes is 6. The summed E-state index contributed by atoms with van der Waals surface area (Å²) in [5, 5.41) is 65.6. The van der Waals surface area contributed by atoms with Gasteiger partial charge in [-0.1, -0.05) is 166 Å². The highest BCUT2D eigenvalue weighted by Gasteiger charge is 2.44. The summed E-state index contributed by atoms with van der Waals surface area (Å²) in [5.41, 5.74) is 32.1. The number of likely N-dealkylation sites (tertiary alicyclic amines) is 1. The van der Waals surface area contributed by atoms with Gasteiger partial charge in [0.2, 0.25) is 35.4 Å². The monoisotopic (exact) mass is 2010 g/mol. The third-order valence-electron chi connectivity index (χ3n) is 25.6. The van der Waals surface area contributed by atoms with Crippen molar-refractivity contribution >= 4 is 125 Å². The molecule has 790 valence electrons. The van der Waals surface area contributed by atoms with Gasteiger partial charge >= 0.3 is 0 Å². The van der Waals surface area contributed by atoms with Gasteiger partial charge < -0.3 is 131 Å².